The quantitative estimate of drug-likeness (QED) is 0.442. The van der Waals surface area contributed by atoms with Crippen LogP contribution in [0.15, 0.2) is 28.4 Å². The number of anilines is 2. The van der Waals surface area contributed by atoms with Crippen molar-refractivity contribution in [2.75, 3.05) is 36.9 Å². The first-order valence-electron chi connectivity index (χ1n) is 10.3. The molecule has 1 aliphatic heterocycles. The second kappa shape index (κ2) is 9.47. The SMILES string of the molecule is Cc1ncc(NC(=O)CN2CC(CO)OC(C)(C)C2)cc1NC(=O)c1cnn2cc(Br)sc12. The molecular formula is C21H25BrN6O4S. The predicted molar refractivity (Wildman–Crippen MR) is 129 cm³/mol. The molecule has 4 heterocycles. The molecule has 1 saturated heterocycles. The third-order valence-electron chi connectivity index (χ3n) is 5.15. The lowest BCUT2D eigenvalue weighted by molar-refractivity contribution is -0.151. The van der Waals surface area contributed by atoms with Gasteiger partial charge in [0.05, 0.1) is 69.9 Å². The molecule has 0 saturated carbocycles. The van der Waals surface area contributed by atoms with Crippen LogP contribution in [-0.4, -0.2) is 74.4 Å². The number of aromatic nitrogens is 3. The Hall–Kier alpha value is -2.38. The first-order valence-corrected chi connectivity index (χ1v) is 12.0. The Labute approximate surface area is 203 Å². The number of rotatable bonds is 6. The highest BCUT2D eigenvalue weighted by atomic mass is 79.9. The van der Waals surface area contributed by atoms with Crippen LogP contribution in [0, 0.1) is 6.92 Å². The van der Waals surface area contributed by atoms with Crippen molar-refractivity contribution >= 4 is 55.3 Å². The van der Waals surface area contributed by atoms with Crippen LogP contribution in [0.5, 0.6) is 0 Å². The monoisotopic (exact) mass is 536 g/mol. The molecule has 1 fully saturated rings. The summed E-state index contributed by atoms with van der Waals surface area (Å²) < 4.78 is 8.31. The summed E-state index contributed by atoms with van der Waals surface area (Å²) in [6.45, 7) is 6.74. The Bertz CT molecular complexity index is 1190. The van der Waals surface area contributed by atoms with Crippen LogP contribution in [0.3, 0.4) is 0 Å². The molecule has 3 N–H and O–H groups in total. The van der Waals surface area contributed by atoms with Crippen molar-refractivity contribution < 1.29 is 19.4 Å². The molecule has 1 aliphatic rings. The smallest absolute Gasteiger partial charge is 0.260 e. The van der Waals surface area contributed by atoms with Crippen LogP contribution >= 0.6 is 27.3 Å². The third-order valence-corrected chi connectivity index (χ3v) is 6.75. The fraction of sp³-hybridized carbons (Fsp3) is 0.429. The summed E-state index contributed by atoms with van der Waals surface area (Å²) >= 11 is 4.81. The van der Waals surface area contributed by atoms with Crippen molar-refractivity contribution in [2.24, 2.45) is 0 Å². The number of ether oxygens (including phenoxy) is 1. The number of fused-ring (bicyclic) bond motifs is 1. The summed E-state index contributed by atoms with van der Waals surface area (Å²) in [5.74, 6) is -0.521. The summed E-state index contributed by atoms with van der Waals surface area (Å²) in [5, 5.41) is 19.4. The van der Waals surface area contributed by atoms with Gasteiger partial charge in [0.25, 0.3) is 5.91 Å². The van der Waals surface area contributed by atoms with E-state index in [1.54, 1.807) is 29.9 Å². The molecule has 4 rings (SSSR count). The Kier molecular flexibility index (Phi) is 6.82. The Morgan fingerprint density at radius 3 is 2.91 bits per heavy atom. The molecule has 0 bridgehead atoms. The number of hydrogen-bond donors (Lipinski definition) is 3. The number of aliphatic hydroxyl groups excluding tert-OH is 1. The van der Waals surface area contributed by atoms with Crippen molar-refractivity contribution in [1.29, 1.82) is 0 Å². The van der Waals surface area contributed by atoms with Gasteiger partial charge in [-0.15, -0.1) is 11.3 Å². The Morgan fingerprint density at radius 1 is 1.36 bits per heavy atom. The third kappa shape index (κ3) is 5.58. The van der Waals surface area contributed by atoms with Gasteiger partial charge in [0.15, 0.2) is 0 Å². The number of halogens is 1. The van der Waals surface area contributed by atoms with Crippen molar-refractivity contribution in [1.82, 2.24) is 19.5 Å². The zero-order chi connectivity index (χ0) is 23.8. The van der Waals surface area contributed by atoms with E-state index in [0.29, 0.717) is 35.7 Å². The molecule has 0 aromatic carbocycles. The normalized spacial score (nSPS) is 18.4. The van der Waals surface area contributed by atoms with Gasteiger partial charge in [-0.1, -0.05) is 0 Å². The molecular weight excluding hydrogens is 512 g/mol. The molecule has 2 amide bonds. The molecule has 176 valence electrons. The number of nitrogens with zero attached hydrogens (tertiary/aromatic N) is 4. The second-order valence-electron chi connectivity index (χ2n) is 8.55. The highest BCUT2D eigenvalue weighted by molar-refractivity contribution is 9.11. The highest BCUT2D eigenvalue weighted by Gasteiger charge is 2.33. The number of aliphatic hydroxyl groups is 1. The second-order valence-corrected chi connectivity index (χ2v) is 11.0. The number of thiazole rings is 1. The first-order chi connectivity index (χ1) is 15.6. The van der Waals surface area contributed by atoms with Crippen molar-refractivity contribution in [3.63, 3.8) is 0 Å². The first kappa shape index (κ1) is 23.8. The maximum atomic E-state index is 12.8. The molecule has 0 spiro atoms. The van der Waals surface area contributed by atoms with Crippen molar-refractivity contribution in [3.05, 3.63) is 39.7 Å². The maximum Gasteiger partial charge on any atom is 0.260 e. The summed E-state index contributed by atoms with van der Waals surface area (Å²) in [7, 11) is 0. The van der Waals surface area contributed by atoms with Gasteiger partial charge < -0.3 is 20.5 Å². The minimum absolute atomic E-state index is 0.0986. The molecule has 0 aliphatic carbocycles. The summed E-state index contributed by atoms with van der Waals surface area (Å²) in [6.07, 6.45) is 4.53. The van der Waals surface area contributed by atoms with Crippen molar-refractivity contribution in [2.45, 2.75) is 32.5 Å². The Morgan fingerprint density at radius 2 is 2.15 bits per heavy atom. The van der Waals surface area contributed by atoms with E-state index in [0.717, 1.165) is 8.62 Å². The number of pyridine rings is 1. The van der Waals surface area contributed by atoms with Gasteiger partial charge in [-0.05, 0) is 42.8 Å². The van der Waals surface area contributed by atoms with Gasteiger partial charge in [0, 0.05) is 13.1 Å². The van der Waals surface area contributed by atoms with E-state index in [9.17, 15) is 14.7 Å². The van der Waals surface area contributed by atoms with Crippen LogP contribution in [0.4, 0.5) is 11.4 Å². The zero-order valence-corrected chi connectivity index (χ0v) is 20.9. The van der Waals surface area contributed by atoms with Gasteiger partial charge in [-0.2, -0.15) is 5.10 Å². The molecule has 1 unspecified atom stereocenters. The van der Waals surface area contributed by atoms with Gasteiger partial charge in [-0.3, -0.25) is 19.5 Å². The van der Waals surface area contributed by atoms with Crippen molar-refractivity contribution in [3.8, 4) is 0 Å². The fourth-order valence-electron chi connectivity index (χ4n) is 3.87. The van der Waals surface area contributed by atoms with Crippen LogP contribution in [0.2, 0.25) is 0 Å². The molecule has 12 heteroatoms. The van der Waals surface area contributed by atoms with Gasteiger partial charge in [0.2, 0.25) is 5.91 Å². The number of carbonyl (C=O) groups excluding carboxylic acids is 2. The number of nitrogens with one attached hydrogen (secondary N) is 2. The lowest BCUT2D eigenvalue weighted by Gasteiger charge is -2.41. The number of aryl methyl sites for hydroxylation is 1. The minimum atomic E-state index is -0.452. The Balaban J connectivity index is 1.42. The molecule has 1 atom stereocenters. The fourth-order valence-corrected chi connectivity index (χ4v) is 5.31. The summed E-state index contributed by atoms with van der Waals surface area (Å²) in [6, 6.07) is 1.68. The minimum Gasteiger partial charge on any atom is -0.394 e. The lowest BCUT2D eigenvalue weighted by Crippen LogP contribution is -2.55. The van der Waals surface area contributed by atoms with Gasteiger partial charge in [-0.25, -0.2) is 4.52 Å². The van der Waals surface area contributed by atoms with E-state index in [1.165, 1.54) is 17.5 Å². The summed E-state index contributed by atoms with van der Waals surface area (Å²) in [5.41, 5.74) is 1.60. The van der Waals surface area contributed by atoms with E-state index in [2.05, 4.69) is 36.6 Å². The van der Waals surface area contributed by atoms with E-state index in [1.807, 2.05) is 18.7 Å². The summed E-state index contributed by atoms with van der Waals surface area (Å²) in [4.78, 5) is 32.5. The van der Waals surface area contributed by atoms with Gasteiger partial charge in [0.1, 0.15) is 4.83 Å². The molecule has 33 heavy (non-hydrogen) atoms. The van der Waals surface area contributed by atoms with E-state index < -0.39 is 5.60 Å². The number of hydrogen-bond acceptors (Lipinski definition) is 8. The van der Waals surface area contributed by atoms with E-state index >= 15 is 0 Å². The topological polar surface area (TPSA) is 121 Å². The van der Waals surface area contributed by atoms with Crippen LogP contribution in [0.25, 0.3) is 4.83 Å². The van der Waals surface area contributed by atoms with Crippen LogP contribution < -0.4 is 10.6 Å². The highest BCUT2D eigenvalue weighted by Crippen LogP contribution is 2.27. The van der Waals surface area contributed by atoms with E-state index in [-0.39, 0.29) is 31.1 Å². The average Bonchev–Trinajstić information content (AvgIpc) is 3.28. The molecule has 3 aromatic rings. The van der Waals surface area contributed by atoms with Gasteiger partial charge >= 0.3 is 0 Å². The molecule has 3 aromatic heterocycles. The predicted octanol–water partition coefficient (Wildman–Crippen LogP) is 2.52. The van der Waals surface area contributed by atoms with Crippen LogP contribution in [0.1, 0.15) is 29.9 Å². The molecule has 0 radical (unpaired) electrons. The van der Waals surface area contributed by atoms with E-state index in [4.69, 9.17) is 4.74 Å². The zero-order valence-electron chi connectivity index (χ0n) is 18.5. The average molecular weight is 537 g/mol. The number of amides is 2. The maximum absolute atomic E-state index is 12.8. The standard InChI is InChI=1S/C21H25BrN6O4S/c1-12-16(26-19(31)15-6-24-28-8-17(22)33-20(15)28)4-13(5-23-12)25-18(30)9-27-7-14(10-29)32-21(2,3)11-27/h4-6,8,14,29H,7,9-11H2,1-3H3,(H,25,30)(H,26,31). The number of carbonyl (C=O) groups is 2. The van der Waals surface area contributed by atoms with Crippen LogP contribution in [-0.2, 0) is 9.53 Å². The number of morpholine rings is 1. The lowest BCUT2D eigenvalue weighted by atomic mass is 10.1. The molecule has 10 nitrogen and oxygen atoms in total. The largest absolute Gasteiger partial charge is 0.394 e.